The van der Waals surface area contributed by atoms with Crippen LogP contribution < -0.4 is 0 Å². The van der Waals surface area contributed by atoms with Crippen molar-refractivity contribution in [2.45, 2.75) is 44.6 Å². The fraction of sp³-hybridized carbons (Fsp3) is 0.350. The Morgan fingerprint density at radius 2 is 1.72 bits per heavy atom. The monoisotopic (exact) mass is 342 g/mol. The van der Waals surface area contributed by atoms with Gasteiger partial charge in [0.05, 0.1) is 18.3 Å². The van der Waals surface area contributed by atoms with Crippen LogP contribution in [0.25, 0.3) is 0 Å². The van der Waals surface area contributed by atoms with Crippen LogP contribution in [-0.2, 0) is 20.8 Å². The molecule has 0 spiro atoms. The van der Waals surface area contributed by atoms with Gasteiger partial charge in [-0.25, -0.2) is 4.79 Å². The van der Waals surface area contributed by atoms with Gasteiger partial charge in [-0.05, 0) is 24.6 Å². The molecule has 2 aromatic rings. The largest absolute Gasteiger partial charge is 0.456 e. The van der Waals surface area contributed by atoms with Crippen molar-refractivity contribution < 1.29 is 24.1 Å². The second-order valence-electron chi connectivity index (χ2n) is 6.11. The van der Waals surface area contributed by atoms with Gasteiger partial charge in [-0.2, -0.15) is 0 Å². The van der Waals surface area contributed by atoms with Crippen molar-refractivity contribution in [1.29, 1.82) is 0 Å². The number of benzene rings is 2. The lowest BCUT2D eigenvalue weighted by Crippen LogP contribution is -2.48. The Balaban J connectivity index is 1.59. The van der Waals surface area contributed by atoms with Crippen LogP contribution in [0.4, 0.5) is 0 Å². The van der Waals surface area contributed by atoms with Gasteiger partial charge in [0, 0.05) is 6.42 Å². The van der Waals surface area contributed by atoms with E-state index in [4.69, 9.17) is 14.2 Å². The van der Waals surface area contributed by atoms with Gasteiger partial charge in [0.1, 0.15) is 12.2 Å². The van der Waals surface area contributed by atoms with Crippen molar-refractivity contribution >= 4 is 5.97 Å². The number of rotatable bonds is 5. The minimum absolute atomic E-state index is 0.361. The molecule has 1 unspecified atom stereocenters. The van der Waals surface area contributed by atoms with Gasteiger partial charge in [-0.1, -0.05) is 48.5 Å². The zero-order chi connectivity index (χ0) is 17.6. The number of ether oxygens (including phenoxy) is 3. The lowest BCUT2D eigenvalue weighted by Gasteiger charge is -2.37. The van der Waals surface area contributed by atoms with E-state index in [0.29, 0.717) is 18.6 Å². The number of aliphatic hydroxyl groups excluding tert-OH is 1. The van der Waals surface area contributed by atoms with Crippen LogP contribution in [0.15, 0.2) is 60.7 Å². The first-order valence-corrected chi connectivity index (χ1v) is 8.38. The summed E-state index contributed by atoms with van der Waals surface area (Å²) in [6.07, 6.45) is -2.08. The lowest BCUT2D eigenvalue weighted by molar-refractivity contribution is -0.253. The Kier molecular flexibility index (Phi) is 5.81. The summed E-state index contributed by atoms with van der Waals surface area (Å²) in [5, 5.41) is 10.1. The van der Waals surface area contributed by atoms with Gasteiger partial charge in [0.15, 0.2) is 6.29 Å². The number of hydrogen-bond acceptors (Lipinski definition) is 5. The van der Waals surface area contributed by atoms with Gasteiger partial charge in [-0.15, -0.1) is 0 Å². The molecular formula is C20H22O5. The van der Waals surface area contributed by atoms with Gasteiger partial charge >= 0.3 is 5.97 Å². The van der Waals surface area contributed by atoms with E-state index < -0.39 is 30.6 Å². The number of carbonyl (C=O) groups excluding carboxylic acids is 1. The van der Waals surface area contributed by atoms with E-state index in [0.717, 1.165) is 5.56 Å². The summed E-state index contributed by atoms with van der Waals surface area (Å²) in [6, 6.07) is 18.5. The van der Waals surface area contributed by atoms with Crippen molar-refractivity contribution in [3.8, 4) is 0 Å². The molecule has 3 rings (SSSR count). The molecule has 4 atom stereocenters. The smallest absolute Gasteiger partial charge is 0.338 e. The zero-order valence-corrected chi connectivity index (χ0v) is 14.1. The van der Waals surface area contributed by atoms with E-state index in [9.17, 15) is 9.90 Å². The molecular weight excluding hydrogens is 320 g/mol. The standard InChI is InChI=1S/C20H22O5/c1-14-17(25-19(21)16-10-6-3-7-11-16)12-18(20(22)24-14)23-13-15-8-4-2-5-9-15/h2-11,14,17-18,20,22H,12-13H2,1H3/t14-,17-,18+,20?/m0/s1. The van der Waals surface area contributed by atoms with Gasteiger partial charge in [0.25, 0.3) is 0 Å². The number of hydrogen-bond donors (Lipinski definition) is 1. The Labute approximate surface area is 147 Å². The van der Waals surface area contributed by atoms with Crippen molar-refractivity contribution in [3.63, 3.8) is 0 Å². The molecule has 5 heteroatoms. The normalized spacial score (nSPS) is 26.2. The highest BCUT2D eigenvalue weighted by Crippen LogP contribution is 2.25. The van der Waals surface area contributed by atoms with Crippen molar-refractivity contribution in [1.82, 2.24) is 0 Å². The average molecular weight is 342 g/mol. The maximum atomic E-state index is 12.2. The van der Waals surface area contributed by atoms with E-state index in [1.165, 1.54) is 0 Å². The molecule has 0 aromatic heterocycles. The summed E-state index contributed by atoms with van der Waals surface area (Å²) < 4.78 is 16.8. The van der Waals surface area contributed by atoms with Crippen molar-refractivity contribution in [2.24, 2.45) is 0 Å². The maximum absolute atomic E-state index is 12.2. The Bertz CT molecular complexity index is 673. The lowest BCUT2D eigenvalue weighted by atomic mass is 10.0. The molecule has 2 aromatic carbocycles. The van der Waals surface area contributed by atoms with Crippen LogP contribution in [0.1, 0.15) is 29.3 Å². The molecule has 132 valence electrons. The first kappa shape index (κ1) is 17.6. The molecule has 1 aliphatic heterocycles. The van der Waals surface area contributed by atoms with Crippen LogP contribution in [-0.4, -0.2) is 35.7 Å². The van der Waals surface area contributed by atoms with Gasteiger partial charge in [-0.3, -0.25) is 0 Å². The van der Waals surface area contributed by atoms with Crippen LogP contribution in [0.2, 0.25) is 0 Å². The van der Waals surface area contributed by atoms with Crippen LogP contribution in [0, 0.1) is 0 Å². The van der Waals surface area contributed by atoms with E-state index in [1.807, 2.05) is 36.4 Å². The minimum atomic E-state index is -1.04. The predicted octanol–water partition coefficient (Wildman–Crippen LogP) is 2.92. The van der Waals surface area contributed by atoms with Crippen LogP contribution in [0.3, 0.4) is 0 Å². The molecule has 1 N–H and O–H groups in total. The SMILES string of the molecule is C[C@@H]1OC(O)[C@H](OCc2ccccc2)C[C@@H]1OC(=O)c1ccccc1. The summed E-state index contributed by atoms with van der Waals surface area (Å²) in [7, 11) is 0. The second kappa shape index (κ2) is 8.25. The summed E-state index contributed by atoms with van der Waals surface area (Å²) in [6.45, 7) is 2.14. The average Bonchev–Trinajstić information content (AvgIpc) is 2.64. The third-order valence-electron chi connectivity index (χ3n) is 4.24. The third kappa shape index (κ3) is 4.66. The molecule has 0 amide bonds. The Hall–Kier alpha value is -2.21. The Morgan fingerprint density at radius 3 is 2.40 bits per heavy atom. The first-order valence-electron chi connectivity index (χ1n) is 8.38. The number of esters is 1. The van der Waals surface area contributed by atoms with Gasteiger partial charge < -0.3 is 19.3 Å². The van der Waals surface area contributed by atoms with E-state index in [2.05, 4.69) is 0 Å². The molecule has 1 saturated heterocycles. The molecule has 0 radical (unpaired) electrons. The molecule has 0 bridgehead atoms. The highest BCUT2D eigenvalue weighted by atomic mass is 16.7. The van der Waals surface area contributed by atoms with Gasteiger partial charge in [0.2, 0.25) is 0 Å². The molecule has 1 aliphatic rings. The second-order valence-corrected chi connectivity index (χ2v) is 6.11. The fourth-order valence-corrected chi connectivity index (χ4v) is 2.78. The predicted molar refractivity (Wildman–Crippen MR) is 91.8 cm³/mol. The van der Waals surface area contributed by atoms with E-state index in [-0.39, 0.29) is 0 Å². The molecule has 0 aliphatic carbocycles. The maximum Gasteiger partial charge on any atom is 0.338 e. The summed E-state index contributed by atoms with van der Waals surface area (Å²) in [4.78, 5) is 12.2. The quantitative estimate of drug-likeness (QED) is 0.847. The number of aliphatic hydroxyl groups is 1. The molecule has 1 fully saturated rings. The minimum Gasteiger partial charge on any atom is -0.456 e. The van der Waals surface area contributed by atoms with Crippen molar-refractivity contribution in [3.05, 3.63) is 71.8 Å². The van der Waals surface area contributed by atoms with Crippen molar-refractivity contribution in [2.75, 3.05) is 0 Å². The molecule has 1 heterocycles. The molecule has 0 saturated carbocycles. The zero-order valence-electron chi connectivity index (χ0n) is 14.1. The topological polar surface area (TPSA) is 65.0 Å². The fourth-order valence-electron chi connectivity index (χ4n) is 2.78. The summed E-state index contributed by atoms with van der Waals surface area (Å²) in [5.74, 6) is -0.403. The molecule has 5 nitrogen and oxygen atoms in total. The third-order valence-corrected chi connectivity index (χ3v) is 4.24. The summed E-state index contributed by atoms with van der Waals surface area (Å²) >= 11 is 0. The van der Waals surface area contributed by atoms with E-state index >= 15 is 0 Å². The summed E-state index contributed by atoms with van der Waals surface area (Å²) in [5.41, 5.74) is 1.49. The van der Waals surface area contributed by atoms with Crippen LogP contribution >= 0.6 is 0 Å². The van der Waals surface area contributed by atoms with E-state index in [1.54, 1.807) is 31.2 Å². The number of carbonyl (C=O) groups is 1. The Morgan fingerprint density at radius 1 is 1.08 bits per heavy atom. The first-order chi connectivity index (χ1) is 12.1. The highest BCUT2D eigenvalue weighted by Gasteiger charge is 2.38. The van der Waals surface area contributed by atoms with Crippen LogP contribution in [0.5, 0.6) is 0 Å². The molecule has 25 heavy (non-hydrogen) atoms. The highest BCUT2D eigenvalue weighted by molar-refractivity contribution is 5.89.